The van der Waals surface area contributed by atoms with Gasteiger partial charge in [0.2, 0.25) is 5.28 Å². The molecule has 0 aliphatic heterocycles. The number of carbonyl (C=O) groups excluding carboxylic acids is 1. The minimum absolute atomic E-state index is 0. The van der Waals surface area contributed by atoms with Crippen LogP contribution < -0.4 is 5.32 Å². The first-order valence-electron chi connectivity index (χ1n) is 8.41. The molecule has 0 bridgehead atoms. The fourth-order valence-electron chi connectivity index (χ4n) is 3.84. The molecule has 149 valence electrons. The van der Waals surface area contributed by atoms with Gasteiger partial charge in [-0.3, -0.25) is 4.79 Å². The van der Waals surface area contributed by atoms with Gasteiger partial charge in [-0.15, -0.1) is 0 Å². The number of hydrogen-bond acceptors (Lipinski definition) is 4. The summed E-state index contributed by atoms with van der Waals surface area (Å²) < 4.78 is 0. The molecule has 0 atom stereocenters. The summed E-state index contributed by atoms with van der Waals surface area (Å²) in [7, 11) is 0. The van der Waals surface area contributed by atoms with E-state index in [1.165, 1.54) is 12.4 Å². The standard InChI is InChI=1S/C13H18ClN3O.C7H3ClN.Os/c1-12(2)7-13(3,4)10(12)17-9(18)8-5-15-11(14)16-6-8;8-7-4-2-1-3-6(7)5-9;/h5-6,10H,7H2,1-4H3,(H,17,18);1,3-4H;/q;-1;+1. The maximum Gasteiger partial charge on any atom is 1.00 e. The molecule has 1 fully saturated rings. The van der Waals surface area contributed by atoms with Crippen LogP contribution in [-0.2, 0) is 19.8 Å². The van der Waals surface area contributed by atoms with Crippen LogP contribution in [0, 0.1) is 28.2 Å². The van der Waals surface area contributed by atoms with Crippen LogP contribution in [-0.4, -0.2) is 21.9 Å². The monoisotopic (exact) mass is 595 g/mol. The summed E-state index contributed by atoms with van der Waals surface area (Å²) in [6, 6.07) is 9.71. The fourth-order valence-corrected chi connectivity index (χ4v) is 4.11. The summed E-state index contributed by atoms with van der Waals surface area (Å²) >= 11 is 11.2. The first-order valence-corrected chi connectivity index (χ1v) is 9.16. The summed E-state index contributed by atoms with van der Waals surface area (Å²) in [4.78, 5) is 19.7. The molecule has 1 amide bonds. The maximum absolute atomic E-state index is 12.1. The summed E-state index contributed by atoms with van der Waals surface area (Å²) in [5, 5.41) is 12.0. The summed E-state index contributed by atoms with van der Waals surface area (Å²) in [5.74, 6) is -0.141. The van der Waals surface area contributed by atoms with Gasteiger partial charge in [0, 0.05) is 18.4 Å². The minimum Gasteiger partial charge on any atom is -0.348 e. The van der Waals surface area contributed by atoms with Crippen LogP contribution in [0.2, 0.25) is 10.3 Å². The van der Waals surface area contributed by atoms with Crippen LogP contribution in [0.5, 0.6) is 0 Å². The van der Waals surface area contributed by atoms with Gasteiger partial charge >= 0.3 is 19.8 Å². The fraction of sp³-hybridized carbons (Fsp3) is 0.400. The molecular formula is C20H21Cl2N4OOs. The number of carbonyl (C=O) groups is 1. The van der Waals surface area contributed by atoms with Crippen LogP contribution in [0.25, 0.3) is 0 Å². The number of aromatic nitrogens is 2. The van der Waals surface area contributed by atoms with Crippen molar-refractivity contribution in [2.24, 2.45) is 10.8 Å². The first kappa shape index (κ1) is 24.5. The third-order valence-electron chi connectivity index (χ3n) is 4.57. The van der Waals surface area contributed by atoms with Gasteiger partial charge in [0.1, 0.15) is 0 Å². The molecule has 2 aromatic rings. The van der Waals surface area contributed by atoms with E-state index in [9.17, 15) is 4.79 Å². The summed E-state index contributed by atoms with van der Waals surface area (Å²) in [5.41, 5.74) is 1.20. The van der Waals surface area contributed by atoms with Crippen molar-refractivity contribution < 1.29 is 24.6 Å². The molecule has 1 radical (unpaired) electrons. The molecule has 1 aliphatic rings. The molecule has 1 aromatic carbocycles. The third-order valence-corrected chi connectivity index (χ3v) is 5.07. The first-order chi connectivity index (χ1) is 12.6. The van der Waals surface area contributed by atoms with E-state index in [2.05, 4.69) is 49.0 Å². The Morgan fingerprint density at radius 1 is 1.25 bits per heavy atom. The third kappa shape index (κ3) is 5.98. The molecule has 0 spiro atoms. The van der Waals surface area contributed by atoms with E-state index in [0.717, 1.165) is 6.42 Å². The second-order valence-corrected chi connectivity index (χ2v) is 8.56. The topological polar surface area (TPSA) is 78.7 Å². The molecule has 5 nitrogen and oxygen atoms in total. The number of nitrogens with zero attached hydrogens (tertiary/aromatic N) is 3. The minimum atomic E-state index is -0.141. The molecule has 8 heteroatoms. The van der Waals surface area contributed by atoms with E-state index < -0.39 is 0 Å². The zero-order valence-corrected chi connectivity index (χ0v) is 20.1. The van der Waals surface area contributed by atoms with Crippen molar-refractivity contribution in [3.05, 3.63) is 58.1 Å². The van der Waals surface area contributed by atoms with Crippen molar-refractivity contribution >= 4 is 29.1 Å². The van der Waals surface area contributed by atoms with E-state index in [0.29, 0.717) is 16.1 Å². The molecule has 28 heavy (non-hydrogen) atoms. The average Bonchev–Trinajstić information content (AvgIpc) is 2.60. The maximum atomic E-state index is 12.1. The number of hydrogen-bond donors (Lipinski definition) is 1. The zero-order chi connectivity index (χ0) is 20.2. The molecule has 1 aliphatic carbocycles. The molecule has 1 heterocycles. The molecule has 1 saturated carbocycles. The van der Waals surface area contributed by atoms with Crippen molar-refractivity contribution in [1.82, 2.24) is 15.3 Å². The number of amides is 1. The summed E-state index contributed by atoms with van der Waals surface area (Å²) in [6.45, 7) is 8.67. The van der Waals surface area contributed by atoms with Gasteiger partial charge in [-0.25, -0.2) is 9.97 Å². The predicted octanol–water partition coefficient (Wildman–Crippen LogP) is 4.69. The largest absolute Gasteiger partial charge is 1.00 e. The van der Waals surface area contributed by atoms with Crippen molar-refractivity contribution in [1.29, 1.82) is 5.26 Å². The molecule has 0 saturated heterocycles. The van der Waals surface area contributed by atoms with Crippen molar-refractivity contribution in [2.75, 3.05) is 0 Å². The number of rotatable bonds is 2. The molecular weight excluding hydrogens is 573 g/mol. The Hall–Kier alpha value is -1.52. The number of nitriles is 1. The van der Waals surface area contributed by atoms with E-state index in [1.54, 1.807) is 18.2 Å². The summed E-state index contributed by atoms with van der Waals surface area (Å²) in [6.07, 6.45) is 3.99. The Balaban J connectivity index is 0.000000332. The predicted molar refractivity (Wildman–Crippen MR) is 105 cm³/mol. The SMILES string of the molecule is CC1(C)CC(C)(C)C1NC(=O)c1cnc(Cl)nc1.N#Cc1cc[c-]cc1Cl.[Os+]. The van der Waals surface area contributed by atoms with E-state index in [4.69, 9.17) is 28.5 Å². The molecule has 3 rings (SSSR count). The second kappa shape index (κ2) is 9.79. The number of halogens is 2. The normalized spacial score (nSPS) is 16.3. The van der Waals surface area contributed by atoms with Crippen LogP contribution >= 0.6 is 23.2 Å². The number of benzene rings is 1. The Morgan fingerprint density at radius 3 is 2.25 bits per heavy atom. The zero-order valence-electron chi connectivity index (χ0n) is 16.0. The van der Waals surface area contributed by atoms with Gasteiger partial charge in [-0.05, 0) is 34.4 Å². The van der Waals surface area contributed by atoms with Crippen LogP contribution in [0.3, 0.4) is 0 Å². The van der Waals surface area contributed by atoms with E-state index in [1.807, 2.05) is 6.07 Å². The van der Waals surface area contributed by atoms with Gasteiger partial charge in [-0.1, -0.05) is 32.7 Å². The Morgan fingerprint density at radius 2 is 1.82 bits per heavy atom. The quantitative estimate of drug-likeness (QED) is 0.404. The Labute approximate surface area is 188 Å². The van der Waals surface area contributed by atoms with E-state index >= 15 is 0 Å². The van der Waals surface area contributed by atoms with Crippen LogP contribution in [0.1, 0.15) is 50.0 Å². The van der Waals surface area contributed by atoms with Crippen molar-refractivity contribution in [3.63, 3.8) is 0 Å². The number of nitrogens with one attached hydrogen (secondary N) is 1. The second-order valence-electron chi connectivity index (χ2n) is 7.82. The molecule has 1 aromatic heterocycles. The van der Waals surface area contributed by atoms with Gasteiger partial charge in [-0.2, -0.15) is 41.1 Å². The smallest absolute Gasteiger partial charge is 0.348 e. The molecule has 1 N–H and O–H groups in total. The van der Waals surface area contributed by atoms with Crippen molar-refractivity contribution in [3.8, 4) is 6.07 Å². The van der Waals surface area contributed by atoms with Crippen molar-refractivity contribution in [2.45, 2.75) is 40.2 Å². The van der Waals surface area contributed by atoms with Gasteiger partial charge in [0.15, 0.2) is 0 Å². The Bertz CT molecular complexity index is 849. The van der Waals surface area contributed by atoms with Crippen LogP contribution in [0.4, 0.5) is 0 Å². The van der Waals surface area contributed by atoms with Gasteiger partial charge < -0.3 is 5.32 Å². The van der Waals surface area contributed by atoms with Gasteiger partial charge in [0.05, 0.1) is 11.6 Å². The molecule has 0 unspecified atom stereocenters. The average molecular weight is 595 g/mol. The Kier molecular flexibility index (Phi) is 8.57. The van der Waals surface area contributed by atoms with Crippen LogP contribution in [0.15, 0.2) is 30.6 Å². The van der Waals surface area contributed by atoms with E-state index in [-0.39, 0.29) is 47.9 Å². The van der Waals surface area contributed by atoms with Gasteiger partial charge in [0.25, 0.3) is 5.91 Å².